The van der Waals surface area contributed by atoms with E-state index in [1.165, 1.54) is 21.9 Å². The fourth-order valence-electron chi connectivity index (χ4n) is 3.85. The fourth-order valence-corrected chi connectivity index (χ4v) is 3.85. The predicted molar refractivity (Wildman–Crippen MR) is 132 cm³/mol. The third-order valence-corrected chi connectivity index (χ3v) is 5.69. The molecule has 6 heteroatoms. The first-order chi connectivity index (χ1) is 16.7. The Bertz CT molecular complexity index is 1410. The van der Waals surface area contributed by atoms with Crippen LogP contribution in [0.1, 0.15) is 34.4 Å². The summed E-state index contributed by atoms with van der Waals surface area (Å²) in [6, 6.07) is 27.6. The largest absolute Gasteiger partial charge is 0.486 e. The highest BCUT2D eigenvalue weighted by Crippen LogP contribution is 2.20. The first-order valence-electron chi connectivity index (χ1n) is 11.3. The summed E-state index contributed by atoms with van der Waals surface area (Å²) in [7, 11) is 0. The van der Waals surface area contributed by atoms with Crippen molar-refractivity contribution in [2.45, 2.75) is 26.5 Å². The van der Waals surface area contributed by atoms with Crippen molar-refractivity contribution in [3.05, 3.63) is 114 Å². The zero-order valence-corrected chi connectivity index (χ0v) is 18.9. The molecule has 0 radical (unpaired) electrons. The molecule has 34 heavy (non-hydrogen) atoms. The third-order valence-electron chi connectivity index (χ3n) is 5.69. The van der Waals surface area contributed by atoms with Crippen LogP contribution in [0, 0.1) is 0 Å². The molecule has 0 bridgehead atoms. The van der Waals surface area contributed by atoms with E-state index in [1.54, 1.807) is 18.2 Å². The maximum Gasteiger partial charge on any atom is 0.292 e. The van der Waals surface area contributed by atoms with Crippen molar-refractivity contribution in [2.24, 2.45) is 0 Å². The molecule has 2 heterocycles. The molecule has 2 aromatic heterocycles. The minimum atomic E-state index is -0.353. The topological polar surface area (TPSA) is 69.3 Å². The molecule has 1 amide bonds. The molecule has 5 aromatic rings. The Morgan fingerprint density at radius 1 is 0.971 bits per heavy atom. The second kappa shape index (κ2) is 9.67. The number of hydrogen-bond donors (Lipinski definition) is 1. The van der Waals surface area contributed by atoms with Gasteiger partial charge < -0.3 is 14.5 Å². The molecule has 3 aromatic carbocycles. The molecule has 0 spiro atoms. The van der Waals surface area contributed by atoms with Crippen LogP contribution in [0.4, 0.5) is 5.82 Å². The molecule has 1 N–H and O–H groups in total. The predicted octanol–water partition coefficient (Wildman–Crippen LogP) is 6.07. The van der Waals surface area contributed by atoms with Gasteiger partial charge in [-0.1, -0.05) is 61.5 Å². The summed E-state index contributed by atoms with van der Waals surface area (Å²) in [6.45, 7) is 2.97. The lowest BCUT2D eigenvalue weighted by molar-refractivity contribution is 0.0992. The van der Waals surface area contributed by atoms with Gasteiger partial charge >= 0.3 is 0 Å². The molecule has 170 valence electrons. The van der Waals surface area contributed by atoms with E-state index in [2.05, 4.69) is 41.6 Å². The van der Waals surface area contributed by atoms with Crippen molar-refractivity contribution < 1.29 is 13.9 Å². The van der Waals surface area contributed by atoms with Crippen molar-refractivity contribution in [2.75, 3.05) is 5.32 Å². The SMILES string of the molecule is CCc1ccc(OCc2ccc(C(=O)Nc3ccn(Cc4cccc5ccccc45)n3)o2)cc1. The van der Waals surface area contributed by atoms with Crippen molar-refractivity contribution in [3.8, 4) is 5.75 Å². The molecule has 0 saturated carbocycles. The van der Waals surface area contributed by atoms with Crippen LogP contribution in [0.3, 0.4) is 0 Å². The molecule has 0 unspecified atom stereocenters. The Morgan fingerprint density at radius 3 is 2.65 bits per heavy atom. The summed E-state index contributed by atoms with van der Waals surface area (Å²) < 4.78 is 13.2. The van der Waals surface area contributed by atoms with Gasteiger partial charge in [-0.05, 0) is 52.6 Å². The Morgan fingerprint density at radius 2 is 1.79 bits per heavy atom. The van der Waals surface area contributed by atoms with Crippen LogP contribution >= 0.6 is 0 Å². The number of fused-ring (bicyclic) bond motifs is 1. The maximum absolute atomic E-state index is 12.6. The number of benzene rings is 3. The molecule has 0 aliphatic carbocycles. The fraction of sp³-hybridized carbons (Fsp3) is 0.143. The van der Waals surface area contributed by atoms with Gasteiger partial charge in [-0.2, -0.15) is 5.10 Å². The third kappa shape index (κ3) is 4.86. The van der Waals surface area contributed by atoms with Crippen LogP contribution in [-0.2, 0) is 19.6 Å². The average molecular weight is 452 g/mol. The number of anilines is 1. The molecule has 0 atom stereocenters. The van der Waals surface area contributed by atoms with Crippen molar-refractivity contribution in [3.63, 3.8) is 0 Å². The van der Waals surface area contributed by atoms with E-state index in [0.717, 1.165) is 12.2 Å². The zero-order valence-electron chi connectivity index (χ0n) is 18.9. The van der Waals surface area contributed by atoms with Gasteiger partial charge in [0.2, 0.25) is 0 Å². The van der Waals surface area contributed by atoms with Gasteiger partial charge in [0.25, 0.3) is 5.91 Å². The van der Waals surface area contributed by atoms with Crippen LogP contribution in [-0.4, -0.2) is 15.7 Å². The van der Waals surface area contributed by atoms with Crippen LogP contribution < -0.4 is 10.1 Å². The van der Waals surface area contributed by atoms with Crippen molar-refractivity contribution >= 4 is 22.5 Å². The van der Waals surface area contributed by atoms with Gasteiger partial charge in [0.05, 0.1) is 6.54 Å². The Labute approximate surface area is 197 Å². The number of aromatic nitrogens is 2. The number of nitrogens with one attached hydrogen (secondary N) is 1. The quantitative estimate of drug-likeness (QED) is 0.311. The van der Waals surface area contributed by atoms with Gasteiger partial charge in [0.15, 0.2) is 11.6 Å². The van der Waals surface area contributed by atoms with Gasteiger partial charge in [0, 0.05) is 12.3 Å². The lowest BCUT2D eigenvalue weighted by atomic mass is 10.0. The first kappa shape index (κ1) is 21.5. The minimum absolute atomic E-state index is 0.212. The summed E-state index contributed by atoms with van der Waals surface area (Å²) in [5.41, 5.74) is 2.42. The number of hydrogen-bond acceptors (Lipinski definition) is 4. The summed E-state index contributed by atoms with van der Waals surface area (Å²) in [6.07, 6.45) is 2.83. The van der Waals surface area contributed by atoms with Gasteiger partial charge in [-0.3, -0.25) is 9.48 Å². The Balaban J connectivity index is 1.19. The summed E-state index contributed by atoms with van der Waals surface area (Å²) in [5.74, 6) is 1.66. The van der Waals surface area contributed by atoms with E-state index in [9.17, 15) is 4.79 Å². The smallest absolute Gasteiger partial charge is 0.292 e. The normalized spacial score (nSPS) is 11.0. The summed E-state index contributed by atoms with van der Waals surface area (Å²) >= 11 is 0. The van der Waals surface area contributed by atoms with Gasteiger partial charge in [-0.15, -0.1) is 0 Å². The van der Waals surface area contributed by atoms with Crippen LogP contribution in [0.15, 0.2) is 95.5 Å². The van der Waals surface area contributed by atoms with Crippen LogP contribution in [0.25, 0.3) is 10.8 Å². The summed E-state index contributed by atoms with van der Waals surface area (Å²) in [5, 5.41) is 9.67. The number of amides is 1. The van der Waals surface area contributed by atoms with E-state index in [4.69, 9.17) is 9.15 Å². The lowest BCUT2D eigenvalue weighted by Crippen LogP contribution is -2.12. The number of rotatable bonds is 8. The molecule has 6 nitrogen and oxygen atoms in total. The number of carbonyl (C=O) groups is 1. The molecule has 0 saturated heterocycles. The molecule has 0 aliphatic rings. The molecular formula is C28H25N3O3. The molecule has 0 fully saturated rings. The zero-order chi connectivity index (χ0) is 23.3. The second-order valence-electron chi connectivity index (χ2n) is 8.04. The number of aryl methyl sites for hydroxylation is 1. The molecular weight excluding hydrogens is 426 g/mol. The van der Waals surface area contributed by atoms with E-state index < -0.39 is 0 Å². The minimum Gasteiger partial charge on any atom is -0.486 e. The monoisotopic (exact) mass is 451 g/mol. The standard InChI is InChI=1S/C28H25N3O3/c1-2-20-10-12-23(13-11-20)33-19-24-14-15-26(34-24)28(32)29-27-16-17-31(30-27)18-22-8-5-7-21-6-3-4-9-25(21)22/h3-17H,2,18-19H2,1H3,(H,29,30,32). The maximum atomic E-state index is 12.6. The van der Waals surface area contributed by atoms with Crippen molar-refractivity contribution in [1.29, 1.82) is 0 Å². The number of furan rings is 1. The molecule has 0 aliphatic heterocycles. The van der Waals surface area contributed by atoms with E-state index in [0.29, 0.717) is 18.1 Å². The lowest BCUT2D eigenvalue weighted by Gasteiger charge is -2.07. The number of nitrogens with zero attached hydrogens (tertiary/aromatic N) is 2. The summed E-state index contributed by atoms with van der Waals surface area (Å²) in [4.78, 5) is 12.6. The van der Waals surface area contributed by atoms with Crippen LogP contribution in [0.2, 0.25) is 0 Å². The highest BCUT2D eigenvalue weighted by molar-refractivity contribution is 6.01. The Kier molecular flexibility index (Phi) is 6.12. The highest BCUT2D eigenvalue weighted by atomic mass is 16.5. The van der Waals surface area contributed by atoms with Gasteiger partial charge in [-0.25, -0.2) is 0 Å². The van der Waals surface area contributed by atoms with Gasteiger partial charge in [0.1, 0.15) is 18.1 Å². The average Bonchev–Trinajstić information content (AvgIpc) is 3.53. The van der Waals surface area contributed by atoms with E-state index in [1.807, 2.05) is 53.3 Å². The number of carbonyl (C=O) groups excluding carboxylic acids is 1. The Hall–Kier alpha value is -4.32. The molecule has 5 rings (SSSR count). The first-order valence-corrected chi connectivity index (χ1v) is 11.3. The van der Waals surface area contributed by atoms with E-state index in [-0.39, 0.29) is 18.3 Å². The number of ether oxygens (including phenoxy) is 1. The highest BCUT2D eigenvalue weighted by Gasteiger charge is 2.13. The van der Waals surface area contributed by atoms with Crippen LogP contribution in [0.5, 0.6) is 5.75 Å². The second-order valence-corrected chi connectivity index (χ2v) is 8.04. The van der Waals surface area contributed by atoms with E-state index >= 15 is 0 Å². The van der Waals surface area contributed by atoms with Crippen molar-refractivity contribution in [1.82, 2.24) is 9.78 Å².